The molecule has 4 heteroatoms. The minimum atomic E-state index is 0. The summed E-state index contributed by atoms with van der Waals surface area (Å²) in [6, 6.07) is 0. The average Bonchev–Trinajstić information content (AvgIpc) is 1.66. The maximum Gasteiger partial charge on any atom is 0.185 e. The summed E-state index contributed by atoms with van der Waals surface area (Å²) in [4.78, 5) is 0. The van der Waals surface area contributed by atoms with E-state index in [1.807, 2.05) is 0 Å². The molecule has 0 saturated heterocycles. The maximum atomic E-state index is 6.74. The van der Waals surface area contributed by atoms with Gasteiger partial charge in [0.05, 0.1) is 0 Å². The molecule has 0 aliphatic heterocycles. The Morgan fingerprint density at radius 2 is 2.22 bits per heavy atom. The Hall–Kier alpha value is -0.250. The van der Waals surface area contributed by atoms with Crippen LogP contribution in [-0.2, 0) is 0 Å². The van der Waals surface area contributed by atoms with E-state index >= 15 is 0 Å². The van der Waals surface area contributed by atoms with Gasteiger partial charge in [0, 0.05) is 6.54 Å². The summed E-state index contributed by atoms with van der Waals surface area (Å²) in [6.07, 6.45) is 2.22. The minimum Gasteiger partial charge on any atom is -0.370 e. The van der Waals surface area contributed by atoms with Gasteiger partial charge in [-0.15, -0.1) is 17.0 Å². The van der Waals surface area contributed by atoms with Crippen molar-refractivity contribution >= 4 is 22.9 Å². The van der Waals surface area contributed by atoms with Crippen molar-refractivity contribution in [3.8, 4) is 0 Å². The van der Waals surface area contributed by atoms with E-state index in [4.69, 9.17) is 11.1 Å². The van der Waals surface area contributed by atoms with Crippen LogP contribution >= 0.6 is 17.0 Å². The standard InChI is InChI=1S/C5H13N3.BrH/c1-2-3-4-8-5(6)7;/h2-4H2,1H3,(H4,6,7,8);1H. The Labute approximate surface area is 66.3 Å². The molecule has 0 aromatic rings. The third-order valence-corrected chi connectivity index (χ3v) is 0.846. The molecule has 0 radical (unpaired) electrons. The van der Waals surface area contributed by atoms with E-state index in [2.05, 4.69) is 12.2 Å². The summed E-state index contributed by atoms with van der Waals surface area (Å²) < 4.78 is 0. The highest BCUT2D eigenvalue weighted by molar-refractivity contribution is 8.93. The van der Waals surface area contributed by atoms with Crippen LogP contribution in [0, 0.1) is 5.41 Å². The molecule has 0 unspecified atom stereocenters. The van der Waals surface area contributed by atoms with Gasteiger partial charge in [-0.05, 0) is 6.42 Å². The number of hydrogen-bond donors (Lipinski definition) is 3. The van der Waals surface area contributed by atoms with E-state index in [9.17, 15) is 0 Å². The second kappa shape index (κ2) is 7.75. The number of nitrogens with two attached hydrogens (primary N) is 1. The molecule has 0 rings (SSSR count). The predicted molar refractivity (Wildman–Crippen MR) is 45.1 cm³/mol. The van der Waals surface area contributed by atoms with Crippen LogP contribution in [0.5, 0.6) is 0 Å². The van der Waals surface area contributed by atoms with Crippen LogP contribution in [0.25, 0.3) is 0 Å². The second-order valence-electron chi connectivity index (χ2n) is 1.69. The highest BCUT2D eigenvalue weighted by Crippen LogP contribution is 1.80. The van der Waals surface area contributed by atoms with Crippen LogP contribution in [0.4, 0.5) is 0 Å². The van der Waals surface area contributed by atoms with Crippen molar-refractivity contribution < 1.29 is 0 Å². The fourth-order valence-corrected chi connectivity index (χ4v) is 0.400. The highest BCUT2D eigenvalue weighted by atomic mass is 79.9. The number of rotatable bonds is 3. The van der Waals surface area contributed by atoms with Crippen molar-refractivity contribution in [2.24, 2.45) is 5.73 Å². The van der Waals surface area contributed by atoms with Gasteiger partial charge >= 0.3 is 0 Å². The Morgan fingerprint density at radius 1 is 1.67 bits per heavy atom. The summed E-state index contributed by atoms with van der Waals surface area (Å²) in [7, 11) is 0. The lowest BCUT2D eigenvalue weighted by Gasteiger charge is -1.98. The molecule has 9 heavy (non-hydrogen) atoms. The summed E-state index contributed by atoms with van der Waals surface area (Å²) in [5.74, 6) is 0.0680. The topological polar surface area (TPSA) is 61.9 Å². The summed E-state index contributed by atoms with van der Waals surface area (Å²) in [6.45, 7) is 2.92. The van der Waals surface area contributed by atoms with Gasteiger partial charge in [0.15, 0.2) is 5.96 Å². The van der Waals surface area contributed by atoms with Crippen LogP contribution in [0.1, 0.15) is 19.8 Å². The van der Waals surface area contributed by atoms with Crippen molar-refractivity contribution in [1.82, 2.24) is 5.32 Å². The molecule has 0 aromatic carbocycles. The third kappa shape index (κ3) is 11.4. The van der Waals surface area contributed by atoms with Crippen LogP contribution in [-0.4, -0.2) is 12.5 Å². The SMILES string of the molecule is Br.CCCCNC(=N)N. The lowest BCUT2D eigenvalue weighted by atomic mass is 10.3. The number of unbranched alkanes of at least 4 members (excludes halogenated alkanes) is 1. The molecule has 0 amide bonds. The molecule has 0 aromatic heterocycles. The van der Waals surface area contributed by atoms with Crippen molar-refractivity contribution in [2.45, 2.75) is 19.8 Å². The molecular weight excluding hydrogens is 182 g/mol. The van der Waals surface area contributed by atoms with E-state index in [0.29, 0.717) is 0 Å². The van der Waals surface area contributed by atoms with Crippen LogP contribution in [0.2, 0.25) is 0 Å². The third-order valence-electron chi connectivity index (χ3n) is 0.846. The van der Waals surface area contributed by atoms with Gasteiger partial charge in [-0.3, -0.25) is 5.41 Å². The first kappa shape index (κ1) is 11.5. The second-order valence-corrected chi connectivity index (χ2v) is 1.69. The first-order valence-corrected chi connectivity index (χ1v) is 2.85. The fourth-order valence-electron chi connectivity index (χ4n) is 0.400. The van der Waals surface area contributed by atoms with Crippen molar-refractivity contribution in [3.63, 3.8) is 0 Å². The number of guanidine groups is 1. The van der Waals surface area contributed by atoms with E-state index in [-0.39, 0.29) is 22.9 Å². The first-order chi connectivity index (χ1) is 3.77. The molecule has 0 bridgehead atoms. The monoisotopic (exact) mass is 195 g/mol. The van der Waals surface area contributed by atoms with Crippen LogP contribution in [0.3, 0.4) is 0 Å². The van der Waals surface area contributed by atoms with Gasteiger partial charge in [-0.2, -0.15) is 0 Å². The summed E-state index contributed by atoms with van der Waals surface area (Å²) >= 11 is 0. The molecule has 0 heterocycles. The Morgan fingerprint density at radius 3 is 2.56 bits per heavy atom. The van der Waals surface area contributed by atoms with Crippen LogP contribution < -0.4 is 11.1 Å². The highest BCUT2D eigenvalue weighted by Gasteiger charge is 1.82. The van der Waals surface area contributed by atoms with Gasteiger partial charge in [0.2, 0.25) is 0 Å². The lowest BCUT2D eigenvalue weighted by molar-refractivity contribution is 0.749. The van der Waals surface area contributed by atoms with E-state index in [1.165, 1.54) is 0 Å². The maximum absolute atomic E-state index is 6.74. The van der Waals surface area contributed by atoms with Gasteiger partial charge < -0.3 is 11.1 Å². The minimum absolute atomic E-state index is 0. The summed E-state index contributed by atoms with van der Waals surface area (Å²) in [5, 5.41) is 9.45. The molecule has 0 fully saturated rings. The predicted octanol–water partition coefficient (Wildman–Crippen LogP) is 0.847. The zero-order valence-corrected chi connectivity index (χ0v) is 7.32. The normalized spacial score (nSPS) is 7.67. The van der Waals surface area contributed by atoms with Crippen molar-refractivity contribution in [3.05, 3.63) is 0 Å². The largest absolute Gasteiger partial charge is 0.370 e. The molecule has 56 valence electrons. The Bertz CT molecular complexity index is 74.6. The number of halogens is 1. The lowest BCUT2D eigenvalue weighted by Crippen LogP contribution is -2.30. The first-order valence-electron chi connectivity index (χ1n) is 2.85. The number of nitrogens with one attached hydrogen (secondary N) is 2. The van der Waals surface area contributed by atoms with E-state index < -0.39 is 0 Å². The molecule has 3 nitrogen and oxygen atoms in total. The zero-order chi connectivity index (χ0) is 6.41. The molecule has 4 N–H and O–H groups in total. The molecule has 0 aliphatic carbocycles. The average molecular weight is 196 g/mol. The van der Waals surface area contributed by atoms with E-state index in [0.717, 1.165) is 19.4 Å². The van der Waals surface area contributed by atoms with Crippen molar-refractivity contribution in [1.29, 1.82) is 5.41 Å². The smallest absolute Gasteiger partial charge is 0.185 e. The van der Waals surface area contributed by atoms with Gasteiger partial charge in [0.1, 0.15) is 0 Å². The molecule has 0 atom stereocenters. The quantitative estimate of drug-likeness (QED) is 0.356. The van der Waals surface area contributed by atoms with Crippen molar-refractivity contribution in [2.75, 3.05) is 6.54 Å². The van der Waals surface area contributed by atoms with Crippen LogP contribution in [0.15, 0.2) is 0 Å². The van der Waals surface area contributed by atoms with E-state index in [1.54, 1.807) is 0 Å². The molecular formula is C5H14BrN3. The van der Waals surface area contributed by atoms with Gasteiger partial charge in [-0.25, -0.2) is 0 Å². The fraction of sp³-hybridized carbons (Fsp3) is 0.800. The molecule has 0 spiro atoms. The Kier molecular flexibility index (Phi) is 9.93. The molecule has 0 aliphatic rings. The Balaban J connectivity index is 0. The summed E-state index contributed by atoms with van der Waals surface area (Å²) in [5.41, 5.74) is 5.01. The number of hydrogen-bond acceptors (Lipinski definition) is 1. The zero-order valence-electron chi connectivity index (χ0n) is 5.61. The molecule has 0 saturated carbocycles. The van der Waals surface area contributed by atoms with Gasteiger partial charge in [-0.1, -0.05) is 13.3 Å². The van der Waals surface area contributed by atoms with Gasteiger partial charge in [0.25, 0.3) is 0 Å².